The fourth-order valence-electron chi connectivity index (χ4n) is 3.10. The van der Waals surface area contributed by atoms with E-state index in [0.29, 0.717) is 6.04 Å². The Morgan fingerprint density at radius 3 is 3.11 bits per heavy atom. The monoisotopic (exact) mass is 255 g/mol. The van der Waals surface area contributed by atoms with E-state index in [-0.39, 0.29) is 0 Å². The van der Waals surface area contributed by atoms with Crippen LogP contribution in [0, 0.1) is 5.92 Å². The van der Waals surface area contributed by atoms with E-state index in [9.17, 15) is 0 Å². The Bertz CT molecular complexity index is 519. The first-order valence-electron chi connectivity index (χ1n) is 7.21. The third-order valence-corrected chi connectivity index (χ3v) is 4.18. The molecule has 1 heterocycles. The molecule has 1 aliphatic carbocycles. The van der Waals surface area contributed by atoms with Gasteiger partial charge >= 0.3 is 0 Å². The van der Waals surface area contributed by atoms with Crippen LogP contribution in [0.4, 0.5) is 5.69 Å². The number of hydrogen-bond donors (Lipinski definition) is 1. The van der Waals surface area contributed by atoms with Crippen molar-refractivity contribution < 1.29 is 0 Å². The van der Waals surface area contributed by atoms with Crippen LogP contribution in [0.3, 0.4) is 0 Å². The standard InChI is InChI=1S/C16H21N3/c1-2-13-5-3-8-16(13)18-14-6-4-7-15(11-14)19-10-9-17-12-19/h4,6-7,9-13,16,18H,2-3,5,8H2,1H3. The normalized spacial score (nSPS) is 22.6. The van der Waals surface area contributed by atoms with Crippen molar-refractivity contribution in [1.82, 2.24) is 9.55 Å². The Labute approximate surface area is 114 Å². The third-order valence-electron chi connectivity index (χ3n) is 4.18. The van der Waals surface area contributed by atoms with Crippen LogP contribution < -0.4 is 5.32 Å². The molecule has 1 aromatic carbocycles. The molecule has 0 bridgehead atoms. The molecule has 2 aromatic rings. The summed E-state index contributed by atoms with van der Waals surface area (Å²) in [6, 6.07) is 9.22. The number of hydrogen-bond acceptors (Lipinski definition) is 2. The van der Waals surface area contributed by atoms with E-state index < -0.39 is 0 Å². The molecule has 3 nitrogen and oxygen atoms in total. The predicted molar refractivity (Wildman–Crippen MR) is 78.6 cm³/mol. The number of benzene rings is 1. The quantitative estimate of drug-likeness (QED) is 0.899. The summed E-state index contributed by atoms with van der Waals surface area (Å²) in [5, 5.41) is 3.71. The van der Waals surface area contributed by atoms with E-state index in [1.807, 2.05) is 23.3 Å². The van der Waals surface area contributed by atoms with E-state index in [1.54, 1.807) is 0 Å². The summed E-state index contributed by atoms with van der Waals surface area (Å²) in [5.41, 5.74) is 2.38. The second-order valence-corrected chi connectivity index (χ2v) is 5.37. The van der Waals surface area contributed by atoms with Gasteiger partial charge in [-0.25, -0.2) is 4.98 Å². The van der Waals surface area contributed by atoms with Gasteiger partial charge in [0.1, 0.15) is 0 Å². The van der Waals surface area contributed by atoms with Gasteiger partial charge in [0.25, 0.3) is 0 Å². The number of imidazole rings is 1. The maximum atomic E-state index is 4.10. The van der Waals surface area contributed by atoms with Crippen molar-refractivity contribution in [3.05, 3.63) is 43.0 Å². The average molecular weight is 255 g/mol. The first-order valence-corrected chi connectivity index (χ1v) is 7.21. The number of aromatic nitrogens is 2. The highest BCUT2D eigenvalue weighted by Crippen LogP contribution is 2.31. The minimum absolute atomic E-state index is 0.642. The lowest BCUT2D eigenvalue weighted by Crippen LogP contribution is -2.23. The lowest BCUT2D eigenvalue weighted by atomic mass is 10.0. The summed E-state index contributed by atoms with van der Waals surface area (Å²) in [6.45, 7) is 2.30. The molecule has 19 heavy (non-hydrogen) atoms. The van der Waals surface area contributed by atoms with Crippen LogP contribution in [0.25, 0.3) is 5.69 Å². The second-order valence-electron chi connectivity index (χ2n) is 5.37. The van der Waals surface area contributed by atoms with E-state index in [2.05, 4.69) is 41.5 Å². The molecular weight excluding hydrogens is 234 g/mol. The Morgan fingerprint density at radius 1 is 1.37 bits per heavy atom. The summed E-state index contributed by atoms with van der Waals surface area (Å²) < 4.78 is 2.04. The highest BCUT2D eigenvalue weighted by molar-refractivity contribution is 5.51. The zero-order valence-electron chi connectivity index (χ0n) is 11.4. The van der Waals surface area contributed by atoms with Crippen LogP contribution in [-0.4, -0.2) is 15.6 Å². The number of rotatable bonds is 4. The van der Waals surface area contributed by atoms with E-state index in [4.69, 9.17) is 0 Å². The highest BCUT2D eigenvalue weighted by Gasteiger charge is 2.25. The molecule has 3 rings (SSSR count). The molecule has 0 amide bonds. The Morgan fingerprint density at radius 2 is 2.32 bits per heavy atom. The fraction of sp³-hybridized carbons (Fsp3) is 0.438. The average Bonchev–Trinajstić information content (AvgIpc) is 3.10. The summed E-state index contributed by atoms with van der Waals surface area (Å²) in [4.78, 5) is 4.10. The van der Waals surface area contributed by atoms with Crippen molar-refractivity contribution in [2.45, 2.75) is 38.6 Å². The van der Waals surface area contributed by atoms with Crippen LogP contribution in [0.1, 0.15) is 32.6 Å². The lowest BCUT2D eigenvalue weighted by Gasteiger charge is -2.21. The first-order chi connectivity index (χ1) is 9.36. The Hall–Kier alpha value is -1.77. The summed E-state index contributed by atoms with van der Waals surface area (Å²) >= 11 is 0. The van der Waals surface area contributed by atoms with E-state index >= 15 is 0 Å². The highest BCUT2D eigenvalue weighted by atomic mass is 15.0. The van der Waals surface area contributed by atoms with E-state index in [0.717, 1.165) is 11.6 Å². The van der Waals surface area contributed by atoms with Crippen LogP contribution in [0.2, 0.25) is 0 Å². The van der Waals surface area contributed by atoms with Crippen LogP contribution >= 0.6 is 0 Å². The summed E-state index contributed by atoms with van der Waals surface area (Å²) in [7, 11) is 0. The minimum atomic E-state index is 0.642. The van der Waals surface area contributed by atoms with Crippen molar-refractivity contribution in [3.8, 4) is 5.69 Å². The van der Waals surface area contributed by atoms with Crippen LogP contribution in [0.5, 0.6) is 0 Å². The van der Waals surface area contributed by atoms with Gasteiger partial charge < -0.3 is 9.88 Å². The Balaban J connectivity index is 1.76. The Kier molecular flexibility index (Phi) is 3.53. The maximum Gasteiger partial charge on any atom is 0.0991 e. The van der Waals surface area contributed by atoms with Crippen molar-refractivity contribution >= 4 is 5.69 Å². The first kappa shape index (κ1) is 12.3. The molecule has 3 heteroatoms. The second kappa shape index (κ2) is 5.47. The molecular formula is C16H21N3. The molecule has 100 valence electrons. The summed E-state index contributed by atoms with van der Waals surface area (Å²) in [6.07, 6.45) is 10.9. The van der Waals surface area contributed by atoms with Crippen LogP contribution in [0.15, 0.2) is 43.0 Å². The largest absolute Gasteiger partial charge is 0.382 e. The summed E-state index contributed by atoms with van der Waals surface area (Å²) in [5.74, 6) is 0.830. The number of nitrogens with zero attached hydrogens (tertiary/aromatic N) is 2. The predicted octanol–water partition coefficient (Wildman–Crippen LogP) is 3.86. The van der Waals surface area contributed by atoms with Crippen molar-refractivity contribution in [1.29, 1.82) is 0 Å². The van der Waals surface area contributed by atoms with Gasteiger partial charge in [-0.05, 0) is 37.0 Å². The fourth-order valence-corrected chi connectivity index (χ4v) is 3.10. The van der Waals surface area contributed by atoms with Gasteiger partial charge in [0.2, 0.25) is 0 Å². The molecule has 2 unspecified atom stereocenters. The van der Waals surface area contributed by atoms with Gasteiger partial charge in [-0.15, -0.1) is 0 Å². The lowest BCUT2D eigenvalue weighted by molar-refractivity contribution is 0.489. The molecule has 0 saturated heterocycles. The van der Waals surface area contributed by atoms with Gasteiger partial charge in [0.15, 0.2) is 0 Å². The van der Waals surface area contributed by atoms with Crippen molar-refractivity contribution in [2.24, 2.45) is 5.92 Å². The van der Waals surface area contributed by atoms with Crippen molar-refractivity contribution in [3.63, 3.8) is 0 Å². The molecule has 0 radical (unpaired) electrons. The van der Waals surface area contributed by atoms with Gasteiger partial charge in [-0.2, -0.15) is 0 Å². The molecule has 2 atom stereocenters. The molecule has 1 N–H and O–H groups in total. The number of anilines is 1. The van der Waals surface area contributed by atoms with Crippen LogP contribution in [-0.2, 0) is 0 Å². The molecule has 1 fully saturated rings. The zero-order valence-corrected chi connectivity index (χ0v) is 11.4. The smallest absolute Gasteiger partial charge is 0.0991 e. The third kappa shape index (κ3) is 2.65. The molecule has 1 saturated carbocycles. The molecule has 1 aliphatic rings. The van der Waals surface area contributed by atoms with Gasteiger partial charge in [0.05, 0.1) is 6.33 Å². The SMILES string of the molecule is CCC1CCCC1Nc1cccc(-n2ccnc2)c1. The molecule has 0 spiro atoms. The van der Waals surface area contributed by atoms with Gasteiger partial charge in [-0.1, -0.05) is 25.8 Å². The van der Waals surface area contributed by atoms with Gasteiger partial charge in [0, 0.05) is 29.8 Å². The van der Waals surface area contributed by atoms with Gasteiger partial charge in [-0.3, -0.25) is 0 Å². The topological polar surface area (TPSA) is 29.9 Å². The number of nitrogens with one attached hydrogen (secondary N) is 1. The van der Waals surface area contributed by atoms with E-state index in [1.165, 1.54) is 31.4 Å². The molecule has 1 aromatic heterocycles. The minimum Gasteiger partial charge on any atom is -0.382 e. The maximum absolute atomic E-state index is 4.10. The zero-order chi connectivity index (χ0) is 13.1. The van der Waals surface area contributed by atoms with Crippen molar-refractivity contribution in [2.75, 3.05) is 5.32 Å². The molecule has 0 aliphatic heterocycles.